The van der Waals surface area contributed by atoms with Gasteiger partial charge in [0.05, 0.1) is 0 Å². The molecule has 3 heterocycles. The van der Waals surface area contributed by atoms with Crippen LogP contribution in [0, 0.1) is 11.8 Å². The molecule has 4 heteroatoms. The van der Waals surface area contributed by atoms with Gasteiger partial charge < -0.3 is 4.90 Å². The van der Waals surface area contributed by atoms with E-state index < -0.39 is 0 Å². The maximum Gasteiger partial charge on any atom is 0.225 e. The number of carbonyl (C=O) groups is 1. The lowest BCUT2D eigenvalue weighted by Gasteiger charge is -2.39. The van der Waals surface area contributed by atoms with Crippen molar-refractivity contribution in [2.24, 2.45) is 11.8 Å². The monoisotopic (exact) mass is 366 g/mol. The number of likely N-dealkylation sites (tertiary alicyclic amines) is 2. The van der Waals surface area contributed by atoms with E-state index in [9.17, 15) is 4.79 Å². The molecule has 5 rings (SSSR count). The molecule has 1 amide bonds. The molecule has 1 aromatic heterocycles. The predicted molar refractivity (Wildman–Crippen MR) is 105 cm³/mol. The Balaban J connectivity index is 1.36. The van der Waals surface area contributed by atoms with Gasteiger partial charge >= 0.3 is 0 Å². The first-order chi connectivity index (χ1) is 12.8. The predicted octanol–water partition coefficient (Wildman–Crippen LogP) is 3.97. The van der Waals surface area contributed by atoms with Crippen LogP contribution in [0.25, 0.3) is 0 Å². The Hall–Kier alpha value is -1.65. The molecule has 0 N–H and O–H groups in total. The summed E-state index contributed by atoms with van der Waals surface area (Å²) < 4.78 is 0. The summed E-state index contributed by atoms with van der Waals surface area (Å²) in [7, 11) is 0. The van der Waals surface area contributed by atoms with Crippen molar-refractivity contribution in [3.05, 3.63) is 58.3 Å². The summed E-state index contributed by atoms with van der Waals surface area (Å²) in [6.45, 7) is 4.16. The topological polar surface area (TPSA) is 23.6 Å². The van der Waals surface area contributed by atoms with E-state index in [-0.39, 0.29) is 0 Å². The normalized spacial score (nSPS) is 28.9. The number of amides is 1. The zero-order valence-electron chi connectivity index (χ0n) is 15.1. The second kappa shape index (κ2) is 6.82. The fourth-order valence-electron chi connectivity index (χ4n) is 4.95. The van der Waals surface area contributed by atoms with Crippen LogP contribution in [-0.2, 0) is 11.3 Å². The van der Waals surface area contributed by atoms with Gasteiger partial charge in [0.25, 0.3) is 0 Å². The summed E-state index contributed by atoms with van der Waals surface area (Å²) >= 11 is 1.78. The largest absolute Gasteiger partial charge is 0.338 e. The van der Waals surface area contributed by atoms with Crippen molar-refractivity contribution in [1.29, 1.82) is 0 Å². The second-order valence-corrected chi connectivity index (χ2v) is 8.95. The SMILES string of the molecule is O=C(C1CC1)N1C[C@@H](c2ccsc2)[C@@H]2CN(Cc3ccccc3)CC[C@@H]21. The Labute approximate surface area is 159 Å². The van der Waals surface area contributed by atoms with Gasteiger partial charge in [0.2, 0.25) is 5.91 Å². The lowest BCUT2D eigenvalue weighted by molar-refractivity contribution is -0.134. The molecular weight excluding hydrogens is 340 g/mol. The number of hydrogen-bond acceptors (Lipinski definition) is 3. The van der Waals surface area contributed by atoms with Crippen LogP contribution in [0.5, 0.6) is 0 Å². The summed E-state index contributed by atoms with van der Waals surface area (Å²) in [5, 5.41) is 4.48. The van der Waals surface area contributed by atoms with Crippen LogP contribution in [0.3, 0.4) is 0 Å². The molecule has 0 bridgehead atoms. The second-order valence-electron chi connectivity index (χ2n) is 8.17. The number of rotatable bonds is 4. The fraction of sp³-hybridized carbons (Fsp3) is 0.500. The van der Waals surface area contributed by atoms with Crippen molar-refractivity contribution >= 4 is 17.2 Å². The number of fused-ring (bicyclic) bond motifs is 1. The summed E-state index contributed by atoms with van der Waals surface area (Å²) in [6.07, 6.45) is 3.34. The number of piperidine rings is 1. The third-order valence-corrected chi connectivity index (χ3v) is 7.15. The Morgan fingerprint density at radius 2 is 1.92 bits per heavy atom. The molecular formula is C22H26N2OS. The minimum absolute atomic E-state index is 0.333. The van der Waals surface area contributed by atoms with Crippen LogP contribution in [0.2, 0.25) is 0 Å². The summed E-state index contributed by atoms with van der Waals surface area (Å²) in [4.78, 5) is 17.7. The molecule has 0 spiro atoms. The van der Waals surface area contributed by atoms with Crippen LogP contribution in [-0.4, -0.2) is 41.4 Å². The van der Waals surface area contributed by atoms with E-state index in [1.807, 2.05) is 0 Å². The third kappa shape index (κ3) is 3.10. The number of benzene rings is 1. The molecule has 3 atom stereocenters. The van der Waals surface area contributed by atoms with E-state index in [1.54, 1.807) is 11.3 Å². The Kier molecular flexibility index (Phi) is 4.33. The van der Waals surface area contributed by atoms with Gasteiger partial charge in [-0.15, -0.1) is 0 Å². The van der Waals surface area contributed by atoms with E-state index >= 15 is 0 Å². The standard InChI is InChI=1S/C22H26N2OS/c25-22(17-6-7-17)24-14-19(18-9-11-26-15-18)20-13-23(10-8-21(20)24)12-16-4-2-1-3-5-16/h1-5,9,11,15,17,19-21H,6-8,10,12-14H2/t19-,20-,21-/m0/s1. The fourth-order valence-corrected chi connectivity index (χ4v) is 5.67. The molecule has 0 unspecified atom stereocenters. The average Bonchev–Trinajstić information content (AvgIpc) is 3.25. The van der Waals surface area contributed by atoms with Crippen LogP contribution < -0.4 is 0 Å². The summed E-state index contributed by atoms with van der Waals surface area (Å²) in [5.41, 5.74) is 2.83. The number of hydrogen-bond donors (Lipinski definition) is 0. The number of thiophene rings is 1. The quantitative estimate of drug-likeness (QED) is 0.817. The highest BCUT2D eigenvalue weighted by Crippen LogP contribution is 2.44. The van der Waals surface area contributed by atoms with Crippen LogP contribution in [0.4, 0.5) is 0 Å². The molecule has 2 saturated heterocycles. The molecule has 3 aliphatic rings. The highest BCUT2D eigenvalue weighted by Gasteiger charge is 2.49. The lowest BCUT2D eigenvalue weighted by Crippen LogP contribution is -2.48. The van der Waals surface area contributed by atoms with E-state index in [0.29, 0.717) is 29.7 Å². The first kappa shape index (κ1) is 16.5. The van der Waals surface area contributed by atoms with Gasteiger partial charge in [-0.1, -0.05) is 30.3 Å². The first-order valence-electron chi connectivity index (χ1n) is 9.88. The van der Waals surface area contributed by atoms with Gasteiger partial charge in [0.15, 0.2) is 0 Å². The van der Waals surface area contributed by atoms with Gasteiger partial charge in [-0.05, 0) is 47.2 Å². The van der Waals surface area contributed by atoms with Crippen LogP contribution in [0.15, 0.2) is 47.2 Å². The smallest absolute Gasteiger partial charge is 0.225 e. The molecule has 0 radical (unpaired) electrons. The lowest BCUT2D eigenvalue weighted by atomic mass is 9.82. The summed E-state index contributed by atoms with van der Waals surface area (Å²) in [5.74, 6) is 1.85. The highest BCUT2D eigenvalue weighted by molar-refractivity contribution is 7.08. The van der Waals surface area contributed by atoms with Gasteiger partial charge in [-0.3, -0.25) is 9.69 Å². The molecule has 2 aliphatic heterocycles. The molecule has 1 aliphatic carbocycles. The van der Waals surface area contributed by atoms with Crippen LogP contribution in [0.1, 0.15) is 36.3 Å². The Morgan fingerprint density at radius 1 is 1.08 bits per heavy atom. The van der Waals surface area contributed by atoms with E-state index in [1.165, 1.54) is 11.1 Å². The van der Waals surface area contributed by atoms with Crippen molar-refractivity contribution in [3.8, 4) is 0 Å². The van der Waals surface area contributed by atoms with E-state index in [0.717, 1.165) is 45.4 Å². The maximum atomic E-state index is 12.9. The van der Waals surface area contributed by atoms with Gasteiger partial charge in [-0.25, -0.2) is 0 Å². The minimum Gasteiger partial charge on any atom is -0.338 e. The van der Waals surface area contributed by atoms with Crippen LogP contribution >= 0.6 is 11.3 Å². The number of nitrogens with zero attached hydrogens (tertiary/aromatic N) is 2. The zero-order valence-corrected chi connectivity index (χ0v) is 15.9. The zero-order chi connectivity index (χ0) is 17.5. The van der Waals surface area contributed by atoms with Crippen molar-refractivity contribution in [2.45, 2.75) is 37.8 Å². The molecule has 1 aromatic carbocycles. The minimum atomic E-state index is 0.333. The molecule has 26 heavy (non-hydrogen) atoms. The average molecular weight is 367 g/mol. The molecule has 2 aromatic rings. The van der Waals surface area contributed by atoms with Gasteiger partial charge in [0.1, 0.15) is 0 Å². The molecule has 3 nitrogen and oxygen atoms in total. The number of carbonyl (C=O) groups excluding carboxylic acids is 1. The van der Waals surface area contributed by atoms with E-state index in [2.05, 4.69) is 57.0 Å². The van der Waals surface area contributed by atoms with Crippen molar-refractivity contribution in [3.63, 3.8) is 0 Å². The maximum absolute atomic E-state index is 12.9. The molecule has 3 fully saturated rings. The Morgan fingerprint density at radius 3 is 2.65 bits per heavy atom. The molecule has 136 valence electrons. The Bertz CT molecular complexity index is 756. The highest BCUT2D eigenvalue weighted by atomic mass is 32.1. The first-order valence-corrected chi connectivity index (χ1v) is 10.8. The van der Waals surface area contributed by atoms with Crippen molar-refractivity contribution in [1.82, 2.24) is 9.80 Å². The van der Waals surface area contributed by atoms with Gasteiger partial charge in [-0.2, -0.15) is 11.3 Å². The third-order valence-electron chi connectivity index (χ3n) is 6.44. The van der Waals surface area contributed by atoms with Gasteiger partial charge in [0, 0.05) is 50.0 Å². The summed E-state index contributed by atoms with van der Waals surface area (Å²) in [6, 6.07) is 13.5. The van der Waals surface area contributed by atoms with Crippen molar-refractivity contribution in [2.75, 3.05) is 19.6 Å². The van der Waals surface area contributed by atoms with Crippen molar-refractivity contribution < 1.29 is 4.79 Å². The molecule has 1 saturated carbocycles. The van der Waals surface area contributed by atoms with E-state index in [4.69, 9.17) is 0 Å².